The number of hydrogen-bond acceptors (Lipinski definition) is 6. The number of nitrogens with one attached hydrogen (secondary N) is 2. The minimum Gasteiger partial charge on any atom is -0.358 e. The molecule has 2 fully saturated rings. The lowest BCUT2D eigenvalue weighted by Gasteiger charge is -2.30. The third-order valence-corrected chi connectivity index (χ3v) is 6.78. The van der Waals surface area contributed by atoms with E-state index in [1.807, 2.05) is 17.3 Å². The molecule has 3 aliphatic rings. The summed E-state index contributed by atoms with van der Waals surface area (Å²) in [6, 6.07) is 3.81. The molecule has 8 heteroatoms. The number of fused-ring (bicyclic) bond motifs is 3. The first-order valence-electron chi connectivity index (χ1n) is 9.14. The Morgan fingerprint density at radius 1 is 1.46 bits per heavy atom. The summed E-state index contributed by atoms with van der Waals surface area (Å²) in [5, 5.41) is 7.25. The number of halogens is 1. The zero-order chi connectivity index (χ0) is 17.9. The molecular formula is C18H23ClN4O2S. The Bertz CT molecular complexity index is 681. The molecule has 1 aromatic heterocycles. The minimum atomic E-state index is -0.223. The SMILES string of the molecule is O=C(NCC1NC2CCCC(O1)C(C1CN=CS1)C2)c1cccnc1Cl. The van der Waals surface area contributed by atoms with Gasteiger partial charge in [0, 0.05) is 23.4 Å². The Labute approximate surface area is 162 Å². The highest BCUT2D eigenvalue weighted by molar-refractivity contribution is 8.12. The van der Waals surface area contributed by atoms with Crippen molar-refractivity contribution in [3.8, 4) is 0 Å². The van der Waals surface area contributed by atoms with Crippen LogP contribution in [0.1, 0.15) is 36.0 Å². The lowest BCUT2D eigenvalue weighted by atomic mass is 9.92. The fourth-order valence-electron chi connectivity index (χ4n) is 4.09. The van der Waals surface area contributed by atoms with Crippen LogP contribution in [-0.2, 0) is 4.74 Å². The molecule has 1 amide bonds. The average Bonchev–Trinajstić information content (AvgIpc) is 3.01. The van der Waals surface area contributed by atoms with Crippen LogP contribution in [0.5, 0.6) is 0 Å². The molecule has 2 bridgehead atoms. The van der Waals surface area contributed by atoms with E-state index in [-0.39, 0.29) is 23.4 Å². The zero-order valence-corrected chi connectivity index (χ0v) is 16.0. The first kappa shape index (κ1) is 18.2. The van der Waals surface area contributed by atoms with Crippen molar-refractivity contribution in [2.45, 2.75) is 49.3 Å². The van der Waals surface area contributed by atoms with Gasteiger partial charge in [-0.3, -0.25) is 15.1 Å². The summed E-state index contributed by atoms with van der Waals surface area (Å²) in [5.74, 6) is 0.287. The molecule has 140 valence electrons. The summed E-state index contributed by atoms with van der Waals surface area (Å²) in [5.41, 5.74) is 2.36. The summed E-state index contributed by atoms with van der Waals surface area (Å²) in [7, 11) is 0. The fraction of sp³-hybridized carbons (Fsp3) is 0.611. The molecule has 2 aliphatic heterocycles. The Kier molecular flexibility index (Phi) is 5.78. The third-order valence-electron chi connectivity index (χ3n) is 5.36. The second-order valence-corrected chi connectivity index (χ2v) is 8.50. The van der Waals surface area contributed by atoms with Crippen LogP contribution in [0.4, 0.5) is 0 Å². The van der Waals surface area contributed by atoms with Crippen LogP contribution in [0.3, 0.4) is 0 Å². The van der Waals surface area contributed by atoms with Crippen molar-refractivity contribution < 1.29 is 9.53 Å². The van der Waals surface area contributed by atoms with Crippen LogP contribution in [0, 0.1) is 5.92 Å². The first-order valence-corrected chi connectivity index (χ1v) is 10.5. The van der Waals surface area contributed by atoms with Gasteiger partial charge in [0.15, 0.2) is 0 Å². The van der Waals surface area contributed by atoms with Crippen LogP contribution in [-0.4, -0.2) is 53.2 Å². The van der Waals surface area contributed by atoms with Gasteiger partial charge in [0.25, 0.3) is 5.91 Å². The number of hydrogen-bond donors (Lipinski definition) is 2. The number of nitrogens with zero attached hydrogens (tertiary/aromatic N) is 2. The Balaban J connectivity index is 1.39. The number of ether oxygens (including phenoxy) is 1. The van der Waals surface area contributed by atoms with E-state index in [9.17, 15) is 4.79 Å². The topological polar surface area (TPSA) is 75.6 Å². The second-order valence-electron chi connectivity index (χ2n) is 7.05. The van der Waals surface area contributed by atoms with E-state index in [1.165, 1.54) is 6.42 Å². The van der Waals surface area contributed by atoms with E-state index >= 15 is 0 Å². The third kappa shape index (κ3) is 4.06. The predicted molar refractivity (Wildman–Crippen MR) is 104 cm³/mol. The van der Waals surface area contributed by atoms with Gasteiger partial charge in [-0.05, 0) is 37.8 Å². The molecule has 5 unspecified atom stereocenters. The van der Waals surface area contributed by atoms with Crippen LogP contribution in [0.15, 0.2) is 23.3 Å². The molecule has 1 saturated carbocycles. The van der Waals surface area contributed by atoms with Gasteiger partial charge in [-0.25, -0.2) is 4.98 Å². The Hall–Kier alpha value is -1.15. The molecule has 0 radical (unpaired) electrons. The summed E-state index contributed by atoms with van der Waals surface area (Å²) in [6.07, 6.45) is 6.15. The number of thioether (sulfide) groups is 1. The van der Waals surface area contributed by atoms with E-state index in [0.29, 0.717) is 29.3 Å². The highest BCUT2D eigenvalue weighted by Crippen LogP contribution is 2.37. The molecule has 3 heterocycles. The summed E-state index contributed by atoms with van der Waals surface area (Å²) in [6.45, 7) is 1.31. The number of pyridine rings is 1. The zero-order valence-electron chi connectivity index (χ0n) is 14.4. The molecule has 1 saturated heterocycles. The van der Waals surface area contributed by atoms with Crippen molar-refractivity contribution in [2.24, 2.45) is 10.9 Å². The predicted octanol–water partition coefficient (Wildman–Crippen LogP) is 2.48. The Morgan fingerprint density at radius 3 is 3.19 bits per heavy atom. The molecule has 6 nitrogen and oxygen atoms in total. The maximum atomic E-state index is 12.4. The normalized spacial score (nSPS) is 33.7. The van der Waals surface area contributed by atoms with Crippen molar-refractivity contribution in [3.05, 3.63) is 29.0 Å². The van der Waals surface area contributed by atoms with Gasteiger partial charge in [-0.15, -0.1) is 11.8 Å². The van der Waals surface area contributed by atoms with Crippen molar-refractivity contribution in [1.29, 1.82) is 0 Å². The van der Waals surface area contributed by atoms with Crippen LogP contribution < -0.4 is 10.6 Å². The van der Waals surface area contributed by atoms with Gasteiger partial charge >= 0.3 is 0 Å². The lowest BCUT2D eigenvalue weighted by molar-refractivity contribution is -0.0498. The van der Waals surface area contributed by atoms with Gasteiger partial charge in [0.05, 0.1) is 30.3 Å². The van der Waals surface area contributed by atoms with E-state index in [1.54, 1.807) is 18.3 Å². The van der Waals surface area contributed by atoms with Gasteiger partial charge in [0.1, 0.15) is 11.4 Å². The molecule has 1 aliphatic carbocycles. The molecular weight excluding hydrogens is 372 g/mol. The van der Waals surface area contributed by atoms with Gasteiger partial charge < -0.3 is 10.1 Å². The van der Waals surface area contributed by atoms with Gasteiger partial charge in [-0.2, -0.15) is 0 Å². The number of rotatable bonds is 4. The number of amides is 1. The number of carbonyl (C=O) groups excluding carboxylic acids is 1. The van der Waals surface area contributed by atoms with E-state index in [2.05, 4.69) is 20.6 Å². The van der Waals surface area contributed by atoms with Crippen molar-refractivity contribution in [3.63, 3.8) is 0 Å². The van der Waals surface area contributed by atoms with Crippen molar-refractivity contribution >= 4 is 34.8 Å². The minimum absolute atomic E-state index is 0.179. The standard InChI is InChI=1S/C18H23ClN4O2S/c19-17-12(4-2-6-21-17)18(24)22-9-16-23-11-3-1-5-14(25-16)13(7-11)15-8-20-10-26-15/h2,4,6,10-11,13-16,23H,1,3,5,7-9H2,(H,22,24). The maximum absolute atomic E-state index is 12.4. The molecule has 0 aromatic carbocycles. The van der Waals surface area contributed by atoms with E-state index < -0.39 is 0 Å². The summed E-state index contributed by atoms with van der Waals surface area (Å²) >= 11 is 7.84. The monoisotopic (exact) mass is 394 g/mol. The maximum Gasteiger partial charge on any atom is 0.254 e. The van der Waals surface area contributed by atoms with Crippen LogP contribution in [0.2, 0.25) is 5.15 Å². The quantitative estimate of drug-likeness (QED) is 0.767. The van der Waals surface area contributed by atoms with Crippen molar-refractivity contribution in [1.82, 2.24) is 15.6 Å². The highest BCUT2D eigenvalue weighted by Gasteiger charge is 2.40. The fourth-order valence-corrected chi connectivity index (χ4v) is 5.29. The van der Waals surface area contributed by atoms with Gasteiger partial charge in [0.2, 0.25) is 0 Å². The molecule has 4 rings (SSSR count). The second kappa shape index (κ2) is 8.25. The number of aliphatic imine (C=N–C) groups is 1. The summed E-state index contributed by atoms with van der Waals surface area (Å²) < 4.78 is 6.38. The molecule has 26 heavy (non-hydrogen) atoms. The first-order chi connectivity index (χ1) is 12.7. The van der Waals surface area contributed by atoms with E-state index in [4.69, 9.17) is 16.3 Å². The number of carbonyl (C=O) groups is 1. The van der Waals surface area contributed by atoms with Crippen LogP contribution in [0.25, 0.3) is 0 Å². The van der Waals surface area contributed by atoms with Gasteiger partial charge in [-0.1, -0.05) is 11.6 Å². The van der Waals surface area contributed by atoms with Crippen molar-refractivity contribution in [2.75, 3.05) is 13.1 Å². The summed E-state index contributed by atoms with van der Waals surface area (Å²) in [4.78, 5) is 20.7. The molecule has 2 N–H and O–H groups in total. The highest BCUT2D eigenvalue weighted by atomic mass is 35.5. The lowest BCUT2D eigenvalue weighted by Crippen LogP contribution is -2.47. The van der Waals surface area contributed by atoms with E-state index in [0.717, 1.165) is 25.8 Å². The Morgan fingerprint density at radius 2 is 2.38 bits per heavy atom. The van der Waals surface area contributed by atoms with Crippen LogP contribution >= 0.6 is 23.4 Å². The number of aromatic nitrogens is 1. The molecule has 5 atom stereocenters. The average molecular weight is 395 g/mol. The molecule has 0 spiro atoms. The molecule has 1 aromatic rings. The largest absolute Gasteiger partial charge is 0.358 e. The smallest absolute Gasteiger partial charge is 0.254 e.